The summed E-state index contributed by atoms with van der Waals surface area (Å²) in [6.45, 7) is 7.95. The highest BCUT2D eigenvalue weighted by Crippen LogP contribution is 2.24. The number of hydrogen-bond donors (Lipinski definition) is 1. The highest BCUT2D eigenvalue weighted by atomic mass is 35.5. The number of amides is 1. The fourth-order valence-electron chi connectivity index (χ4n) is 3.71. The van der Waals surface area contributed by atoms with Gasteiger partial charge in [0.1, 0.15) is 29.0 Å². The minimum atomic E-state index is -0.985. The van der Waals surface area contributed by atoms with Crippen LogP contribution in [0.5, 0.6) is 5.75 Å². The van der Waals surface area contributed by atoms with Crippen LogP contribution in [0.1, 0.15) is 19.7 Å². The second kappa shape index (κ2) is 9.62. The van der Waals surface area contributed by atoms with Crippen LogP contribution >= 0.6 is 11.6 Å². The maximum absolute atomic E-state index is 13.2. The summed E-state index contributed by atoms with van der Waals surface area (Å²) in [4.78, 5) is 30.5. The number of benzene rings is 1. The van der Waals surface area contributed by atoms with E-state index in [1.54, 1.807) is 44.3 Å². The lowest BCUT2D eigenvalue weighted by atomic mass is 10.1. The molecule has 172 valence electrons. The highest BCUT2D eigenvalue weighted by Gasteiger charge is 2.36. The molecule has 0 saturated carbocycles. The molecule has 0 bridgehead atoms. The van der Waals surface area contributed by atoms with Crippen molar-refractivity contribution in [1.82, 2.24) is 19.9 Å². The lowest BCUT2D eigenvalue weighted by molar-refractivity contribution is -0.145. The lowest BCUT2D eigenvalue weighted by Crippen LogP contribution is -2.56. The Morgan fingerprint density at radius 2 is 1.76 bits per heavy atom. The third kappa shape index (κ3) is 5.70. The van der Waals surface area contributed by atoms with Gasteiger partial charge >= 0.3 is 0 Å². The van der Waals surface area contributed by atoms with Crippen molar-refractivity contribution in [2.75, 3.05) is 36.4 Å². The summed E-state index contributed by atoms with van der Waals surface area (Å²) in [5.74, 6) is 3.47. The van der Waals surface area contributed by atoms with Crippen molar-refractivity contribution >= 4 is 35.0 Å². The van der Waals surface area contributed by atoms with Crippen LogP contribution in [0.3, 0.4) is 0 Å². The zero-order valence-corrected chi connectivity index (χ0v) is 19.7. The lowest BCUT2D eigenvalue weighted by Gasteiger charge is -2.39. The van der Waals surface area contributed by atoms with Gasteiger partial charge in [-0.3, -0.25) is 4.79 Å². The van der Waals surface area contributed by atoms with E-state index in [4.69, 9.17) is 16.3 Å². The van der Waals surface area contributed by atoms with Crippen LogP contribution in [0, 0.1) is 6.92 Å². The summed E-state index contributed by atoms with van der Waals surface area (Å²) >= 11 is 5.94. The van der Waals surface area contributed by atoms with Crippen molar-refractivity contribution in [1.29, 1.82) is 0 Å². The van der Waals surface area contributed by atoms with Gasteiger partial charge in [-0.05, 0) is 57.2 Å². The first kappa shape index (κ1) is 22.8. The minimum absolute atomic E-state index is 0.0477. The smallest absolute Gasteiger partial charge is 0.266 e. The van der Waals surface area contributed by atoms with E-state index in [-0.39, 0.29) is 5.91 Å². The number of carbonyl (C=O) groups excluding carboxylic acids is 1. The topological polar surface area (TPSA) is 83.5 Å². The van der Waals surface area contributed by atoms with Crippen LogP contribution < -0.4 is 15.0 Å². The van der Waals surface area contributed by atoms with Crippen molar-refractivity contribution in [3.05, 3.63) is 65.6 Å². The molecule has 3 aromatic rings. The van der Waals surface area contributed by atoms with Crippen molar-refractivity contribution in [3.63, 3.8) is 0 Å². The fourth-order valence-corrected chi connectivity index (χ4v) is 3.83. The summed E-state index contributed by atoms with van der Waals surface area (Å²) in [5.41, 5.74) is -0.985. The predicted octanol–water partition coefficient (Wildman–Crippen LogP) is 4.08. The van der Waals surface area contributed by atoms with Crippen LogP contribution in [-0.2, 0) is 4.79 Å². The van der Waals surface area contributed by atoms with Gasteiger partial charge in [0.2, 0.25) is 0 Å². The number of anilines is 3. The average molecular weight is 467 g/mol. The van der Waals surface area contributed by atoms with E-state index in [2.05, 4.69) is 25.2 Å². The van der Waals surface area contributed by atoms with Crippen LogP contribution in [0.2, 0.25) is 5.02 Å². The first-order valence-electron chi connectivity index (χ1n) is 10.8. The number of rotatable bonds is 6. The number of ether oxygens (including phenoxy) is 1. The molecular formula is C24H27ClN6O2. The molecule has 1 fully saturated rings. The number of nitrogens with zero attached hydrogens (tertiary/aromatic N) is 5. The van der Waals surface area contributed by atoms with E-state index in [1.807, 2.05) is 36.1 Å². The Balaban J connectivity index is 1.39. The summed E-state index contributed by atoms with van der Waals surface area (Å²) in [7, 11) is 0. The molecule has 2 aromatic heterocycles. The molecule has 3 heterocycles. The average Bonchev–Trinajstić information content (AvgIpc) is 2.80. The molecule has 0 atom stereocenters. The van der Waals surface area contributed by atoms with Gasteiger partial charge in [0.25, 0.3) is 5.91 Å². The second-order valence-corrected chi connectivity index (χ2v) is 8.78. The predicted molar refractivity (Wildman–Crippen MR) is 129 cm³/mol. The summed E-state index contributed by atoms with van der Waals surface area (Å²) < 4.78 is 5.97. The zero-order chi connectivity index (χ0) is 23.4. The molecule has 1 aromatic carbocycles. The molecule has 1 saturated heterocycles. The van der Waals surface area contributed by atoms with Gasteiger partial charge in [-0.15, -0.1) is 0 Å². The third-order valence-corrected chi connectivity index (χ3v) is 5.59. The fraction of sp³-hybridized carbons (Fsp3) is 0.333. The Labute approximate surface area is 198 Å². The number of halogens is 1. The Hall–Kier alpha value is -3.39. The van der Waals surface area contributed by atoms with Crippen molar-refractivity contribution in [2.24, 2.45) is 0 Å². The first-order valence-corrected chi connectivity index (χ1v) is 11.2. The molecule has 1 aliphatic rings. The van der Waals surface area contributed by atoms with Gasteiger partial charge < -0.3 is 19.9 Å². The molecular weight excluding hydrogens is 440 g/mol. The monoisotopic (exact) mass is 466 g/mol. The first-order chi connectivity index (χ1) is 15.8. The largest absolute Gasteiger partial charge is 0.478 e. The van der Waals surface area contributed by atoms with E-state index < -0.39 is 5.60 Å². The van der Waals surface area contributed by atoms with Gasteiger partial charge in [0.05, 0.1) is 0 Å². The second-order valence-electron chi connectivity index (χ2n) is 8.34. The summed E-state index contributed by atoms with van der Waals surface area (Å²) in [6, 6.07) is 14.6. The number of nitrogens with one attached hydrogen (secondary N) is 1. The van der Waals surface area contributed by atoms with E-state index >= 15 is 0 Å². The van der Waals surface area contributed by atoms with E-state index in [0.717, 1.165) is 11.6 Å². The van der Waals surface area contributed by atoms with Crippen molar-refractivity contribution in [2.45, 2.75) is 26.4 Å². The maximum atomic E-state index is 13.2. The molecule has 0 radical (unpaired) electrons. The zero-order valence-electron chi connectivity index (χ0n) is 19.0. The van der Waals surface area contributed by atoms with Crippen LogP contribution in [0.25, 0.3) is 0 Å². The van der Waals surface area contributed by atoms with Crippen molar-refractivity contribution < 1.29 is 9.53 Å². The number of hydrogen-bond acceptors (Lipinski definition) is 7. The summed E-state index contributed by atoms with van der Waals surface area (Å²) in [5, 5.41) is 3.85. The molecule has 9 heteroatoms. The standard InChI is InChI=1S/C24H27ClN6O2/c1-17-27-21(29-20-6-4-5-11-26-20)16-22(28-17)30-12-14-31(15-13-30)23(32)24(2,3)33-19-9-7-18(25)8-10-19/h4-11,16H,12-15H2,1-3H3,(H,26,27,28,29). The van der Waals surface area contributed by atoms with E-state index in [1.165, 1.54) is 0 Å². The van der Waals surface area contributed by atoms with Crippen LogP contribution in [0.4, 0.5) is 17.5 Å². The quantitative estimate of drug-likeness (QED) is 0.585. The van der Waals surface area contributed by atoms with Gasteiger partial charge in [-0.25, -0.2) is 15.0 Å². The molecule has 33 heavy (non-hydrogen) atoms. The number of aromatic nitrogens is 3. The molecule has 1 N–H and O–H groups in total. The maximum Gasteiger partial charge on any atom is 0.266 e. The Morgan fingerprint density at radius 1 is 1.03 bits per heavy atom. The molecule has 1 aliphatic heterocycles. The normalized spacial score (nSPS) is 14.2. The van der Waals surface area contributed by atoms with E-state index in [9.17, 15) is 4.79 Å². The number of carbonyl (C=O) groups is 1. The number of aryl methyl sites for hydroxylation is 1. The Bertz CT molecular complexity index is 1100. The van der Waals surface area contributed by atoms with E-state index in [0.29, 0.717) is 48.6 Å². The van der Waals surface area contributed by atoms with Gasteiger partial charge in [0, 0.05) is 43.5 Å². The van der Waals surface area contributed by atoms with Gasteiger partial charge in [-0.2, -0.15) is 0 Å². The molecule has 1 amide bonds. The van der Waals surface area contributed by atoms with Crippen LogP contribution in [0.15, 0.2) is 54.7 Å². The Morgan fingerprint density at radius 3 is 2.42 bits per heavy atom. The SMILES string of the molecule is Cc1nc(Nc2ccccn2)cc(N2CCN(C(=O)C(C)(C)Oc3ccc(Cl)cc3)CC2)n1. The molecule has 0 aliphatic carbocycles. The number of piperazine rings is 1. The minimum Gasteiger partial charge on any atom is -0.478 e. The summed E-state index contributed by atoms with van der Waals surface area (Å²) in [6.07, 6.45) is 1.73. The molecule has 8 nitrogen and oxygen atoms in total. The van der Waals surface area contributed by atoms with Gasteiger partial charge in [0.15, 0.2) is 5.60 Å². The third-order valence-electron chi connectivity index (χ3n) is 5.34. The van der Waals surface area contributed by atoms with Gasteiger partial charge in [-0.1, -0.05) is 17.7 Å². The molecule has 0 spiro atoms. The van der Waals surface area contributed by atoms with Crippen molar-refractivity contribution in [3.8, 4) is 5.75 Å². The highest BCUT2D eigenvalue weighted by molar-refractivity contribution is 6.30. The molecule has 4 rings (SSSR count). The van der Waals surface area contributed by atoms with Crippen LogP contribution in [-0.4, -0.2) is 57.5 Å². The number of pyridine rings is 1. The Kier molecular flexibility index (Phi) is 6.65. The molecule has 0 unspecified atom stereocenters.